The third kappa shape index (κ3) is 4.01. The number of benzene rings is 2. The van der Waals surface area contributed by atoms with E-state index in [0.717, 1.165) is 22.0 Å². The lowest BCUT2D eigenvalue weighted by Crippen LogP contribution is -2.26. The van der Waals surface area contributed by atoms with E-state index in [1.54, 1.807) is 24.5 Å². The van der Waals surface area contributed by atoms with Crippen molar-refractivity contribution in [3.8, 4) is 22.8 Å². The molecule has 2 aromatic heterocycles. The van der Waals surface area contributed by atoms with E-state index >= 15 is 0 Å². The van der Waals surface area contributed by atoms with Gasteiger partial charge in [-0.3, -0.25) is 9.78 Å². The maximum Gasteiger partial charge on any atom is 0.252 e. The Morgan fingerprint density at radius 2 is 1.72 bits per heavy atom. The van der Waals surface area contributed by atoms with Gasteiger partial charge in [0.25, 0.3) is 5.91 Å². The maximum absolute atomic E-state index is 12.9. The highest BCUT2D eigenvalue weighted by atomic mass is 16.3. The third-order valence-corrected chi connectivity index (χ3v) is 4.68. The van der Waals surface area contributed by atoms with Gasteiger partial charge in [0, 0.05) is 29.9 Å². The highest BCUT2D eigenvalue weighted by Crippen LogP contribution is 2.26. The van der Waals surface area contributed by atoms with Crippen molar-refractivity contribution in [2.75, 3.05) is 6.54 Å². The van der Waals surface area contributed by atoms with Crippen LogP contribution in [0.1, 0.15) is 15.9 Å². The molecule has 0 aliphatic carbocycles. The Labute approximate surface area is 167 Å². The van der Waals surface area contributed by atoms with Gasteiger partial charge in [-0.15, -0.1) is 0 Å². The Morgan fingerprint density at radius 3 is 2.52 bits per heavy atom. The van der Waals surface area contributed by atoms with E-state index in [1.165, 1.54) is 12.1 Å². The zero-order valence-corrected chi connectivity index (χ0v) is 15.5. The molecule has 0 saturated heterocycles. The molecule has 0 unspecified atom stereocenters. The first-order valence-corrected chi connectivity index (χ1v) is 9.21. The summed E-state index contributed by atoms with van der Waals surface area (Å²) in [5, 5.41) is 22.7. The quantitative estimate of drug-likeness (QED) is 0.456. The van der Waals surface area contributed by atoms with Gasteiger partial charge in [0.05, 0.1) is 16.8 Å². The molecule has 144 valence electrons. The van der Waals surface area contributed by atoms with Gasteiger partial charge in [-0.2, -0.15) is 0 Å². The van der Waals surface area contributed by atoms with Crippen LogP contribution in [-0.2, 0) is 6.42 Å². The number of carbonyl (C=O) groups excluding carboxylic acids is 1. The summed E-state index contributed by atoms with van der Waals surface area (Å²) in [5.74, 6) is -0.525. The van der Waals surface area contributed by atoms with Gasteiger partial charge < -0.3 is 15.5 Å². The zero-order valence-electron chi connectivity index (χ0n) is 15.5. The number of phenols is 2. The Morgan fingerprint density at radius 1 is 0.931 bits per heavy atom. The summed E-state index contributed by atoms with van der Waals surface area (Å²) >= 11 is 0. The van der Waals surface area contributed by atoms with Crippen molar-refractivity contribution in [2.24, 2.45) is 0 Å². The van der Waals surface area contributed by atoms with Crippen molar-refractivity contribution < 1.29 is 15.0 Å². The zero-order chi connectivity index (χ0) is 20.2. The van der Waals surface area contributed by atoms with Crippen LogP contribution in [0.4, 0.5) is 0 Å². The molecule has 3 N–H and O–H groups in total. The fraction of sp³-hybridized carbons (Fsp3) is 0.0870. The summed E-state index contributed by atoms with van der Waals surface area (Å²) in [5.41, 5.74) is 3.71. The monoisotopic (exact) mass is 385 g/mol. The molecule has 0 bridgehead atoms. The smallest absolute Gasteiger partial charge is 0.252 e. The van der Waals surface area contributed by atoms with E-state index in [-0.39, 0.29) is 17.4 Å². The summed E-state index contributed by atoms with van der Waals surface area (Å²) in [6.07, 6.45) is 3.91. The Bertz CT molecular complexity index is 1180. The molecule has 29 heavy (non-hydrogen) atoms. The van der Waals surface area contributed by atoms with Gasteiger partial charge >= 0.3 is 0 Å². The Kier molecular flexibility index (Phi) is 5.07. The van der Waals surface area contributed by atoms with Crippen LogP contribution in [0.2, 0.25) is 0 Å². The summed E-state index contributed by atoms with van der Waals surface area (Å²) in [6.45, 7) is 0.393. The minimum Gasteiger partial charge on any atom is -0.504 e. The second-order valence-corrected chi connectivity index (χ2v) is 6.64. The number of rotatable bonds is 5. The highest BCUT2D eigenvalue weighted by molar-refractivity contribution is 6.07. The predicted octanol–water partition coefficient (Wildman–Crippen LogP) is 3.68. The fourth-order valence-corrected chi connectivity index (χ4v) is 3.17. The number of pyridine rings is 2. The molecule has 0 atom stereocenters. The average Bonchev–Trinajstić information content (AvgIpc) is 2.76. The average molecular weight is 385 g/mol. The first kappa shape index (κ1) is 18.4. The van der Waals surface area contributed by atoms with Crippen molar-refractivity contribution in [3.05, 3.63) is 84.2 Å². The van der Waals surface area contributed by atoms with E-state index in [9.17, 15) is 15.0 Å². The van der Waals surface area contributed by atoms with Crippen LogP contribution < -0.4 is 5.32 Å². The highest BCUT2D eigenvalue weighted by Gasteiger charge is 2.14. The molecule has 0 spiro atoms. The number of aromatic hydroxyl groups is 2. The molecule has 4 aromatic rings. The van der Waals surface area contributed by atoms with Crippen LogP contribution >= 0.6 is 0 Å². The first-order chi connectivity index (χ1) is 14.1. The molecule has 6 nitrogen and oxygen atoms in total. The summed E-state index contributed by atoms with van der Waals surface area (Å²) < 4.78 is 0. The number of hydrogen-bond acceptors (Lipinski definition) is 5. The van der Waals surface area contributed by atoms with Gasteiger partial charge in [-0.25, -0.2) is 4.98 Å². The number of hydrogen-bond donors (Lipinski definition) is 3. The molecule has 4 rings (SSSR count). The summed E-state index contributed by atoms with van der Waals surface area (Å²) in [4.78, 5) is 21.6. The van der Waals surface area contributed by atoms with Gasteiger partial charge in [0.1, 0.15) is 0 Å². The Balaban J connectivity index is 1.58. The van der Waals surface area contributed by atoms with Crippen molar-refractivity contribution in [2.45, 2.75) is 6.42 Å². The van der Waals surface area contributed by atoms with Crippen LogP contribution in [0, 0.1) is 0 Å². The van der Waals surface area contributed by atoms with Crippen LogP contribution in [-0.4, -0.2) is 32.6 Å². The molecule has 0 radical (unpaired) electrons. The lowest BCUT2D eigenvalue weighted by molar-refractivity contribution is 0.0955. The van der Waals surface area contributed by atoms with E-state index in [4.69, 9.17) is 0 Å². The number of nitrogens with zero attached hydrogens (tertiary/aromatic N) is 2. The molecule has 0 fully saturated rings. The summed E-state index contributed by atoms with van der Waals surface area (Å²) in [6, 6.07) is 17.7. The van der Waals surface area contributed by atoms with Crippen LogP contribution in [0.5, 0.6) is 11.5 Å². The SMILES string of the molecule is O=C(NCCc1ccc(O)c(O)c1)c1cc(-c2ccncc2)nc2ccccc12. The van der Waals surface area contributed by atoms with Crippen LogP contribution in [0.25, 0.3) is 22.2 Å². The summed E-state index contributed by atoms with van der Waals surface area (Å²) in [7, 11) is 0. The molecular weight excluding hydrogens is 366 g/mol. The number of phenolic OH excluding ortho intramolecular Hbond substituents is 2. The molecule has 0 aliphatic heterocycles. The van der Waals surface area contributed by atoms with Crippen LogP contribution in [0.15, 0.2) is 73.1 Å². The van der Waals surface area contributed by atoms with Crippen molar-refractivity contribution in [1.29, 1.82) is 0 Å². The lowest BCUT2D eigenvalue weighted by Gasteiger charge is -2.11. The minimum atomic E-state index is -0.193. The number of amides is 1. The largest absolute Gasteiger partial charge is 0.504 e. The standard InChI is InChI=1S/C23H19N3O3/c27-21-6-5-15(13-22(21)28)7-12-25-23(29)18-14-20(16-8-10-24-11-9-16)26-19-4-2-1-3-17(18)19/h1-6,8-11,13-14,27-28H,7,12H2,(H,25,29). The molecule has 0 saturated carbocycles. The van der Waals surface area contributed by atoms with Crippen molar-refractivity contribution in [3.63, 3.8) is 0 Å². The minimum absolute atomic E-state index is 0.162. The molecule has 1 amide bonds. The number of carbonyl (C=O) groups is 1. The van der Waals surface area contributed by atoms with Crippen molar-refractivity contribution >= 4 is 16.8 Å². The fourth-order valence-electron chi connectivity index (χ4n) is 3.17. The first-order valence-electron chi connectivity index (χ1n) is 9.21. The topological polar surface area (TPSA) is 95.3 Å². The molecule has 2 aromatic carbocycles. The number of aromatic nitrogens is 2. The van der Waals surface area contributed by atoms with Gasteiger partial charge in [0.2, 0.25) is 0 Å². The second-order valence-electron chi connectivity index (χ2n) is 6.64. The number of para-hydroxylation sites is 1. The van der Waals surface area contributed by atoms with Crippen LogP contribution in [0.3, 0.4) is 0 Å². The van der Waals surface area contributed by atoms with E-state index < -0.39 is 0 Å². The van der Waals surface area contributed by atoms with E-state index in [2.05, 4.69) is 15.3 Å². The maximum atomic E-state index is 12.9. The molecule has 2 heterocycles. The number of nitrogens with one attached hydrogen (secondary N) is 1. The lowest BCUT2D eigenvalue weighted by atomic mass is 10.0. The van der Waals surface area contributed by atoms with Crippen molar-refractivity contribution in [1.82, 2.24) is 15.3 Å². The molecule has 0 aliphatic rings. The third-order valence-electron chi connectivity index (χ3n) is 4.68. The van der Waals surface area contributed by atoms with Gasteiger partial charge in [0.15, 0.2) is 11.5 Å². The van der Waals surface area contributed by atoms with Gasteiger partial charge in [-0.05, 0) is 48.4 Å². The molecule has 6 heteroatoms. The molecular formula is C23H19N3O3. The predicted molar refractivity (Wildman–Crippen MR) is 111 cm³/mol. The number of fused-ring (bicyclic) bond motifs is 1. The second kappa shape index (κ2) is 7.98. The van der Waals surface area contributed by atoms with E-state index in [1.807, 2.05) is 36.4 Å². The normalized spacial score (nSPS) is 10.8. The Hall–Kier alpha value is -3.93. The van der Waals surface area contributed by atoms with Gasteiger partial charge in [-0.1, -0.05) is 24.3 Å². The van der Waals surface area contributed by atoms with E-state index in [0.29, 0.717) is 24.2 Å².